The Balaban J connectivity index is 2.27. The Labute approximate surface area is 140 Å². The molecular weight excluding hydrogens is 349 g/mol. The number of hydrogen-bond donors (Lipinski definition) is 2. The van der Waals surface area contributed by atoms with Gasteiger partial charge in [0.05, 0.1) is 21.3 Å². The summed E-state index contributed by atoms with van der Waals surface area (Å²) in [6.45, 7) is 1.22. The summed E-state index contributed by atoms with van der Waals surface area (Å²) < 4.78 is 27.0. The van der Waals surface area contributed by atoms with E-state index in [9.17, 15) is 18.4 Å². The molecule has 8 heteroatoms. The van der Waals surface area contributed by atoms with E-state index in [4.69, 9.17) is 23.2 Å². The van der Waals surface area contributed by atoms with Gasteiger partial charge < -0.3 is 10.6 Å². The van der Waals surface area contributed by atoms with Gasteiger partial charge in [0.1, 0.15) is 11.6 Å². The van der Waals surface area contributed by atoms with Gasteiger partial charge >= 0.3 is 0 Å². The number of carbonyl (C=O) groups excluding carboxylic acids is 2. The second-order valence-corrected chi connectivity index (χ2v) is 5.39. The Kier molecular flexibility index (Phi) is 5.18. The highest BCUT2D eigenvalue weighted by molar-refractivity contribution is 6.37. The molecule has 0 aromatic heterocycles. The molecule has 0 fully saturated rings. The van der Waals surface area contributed by atoms with Gasteiger partial charge in [-0.15, -0.1) is 0 Å². The van der Waals surface area contributed by atoms with E-state index in [0.717, 1.165) is 18.2 Å². The third-order valence-electron chi connectivity index (χ3n) is 2.79. The van der Waals surface area contributed by atoms with Gasteiger partial charge in [-0.25, -0.2) is 8.78 Å². The summed E-state index contributed by atoms with van der Waals surface area (Å²) in [6, 6.07) is 5.61. The number of anilines is 2. The third-order valence-corrected chi connectivity index (χ3v) is 3.39. The number of nitrogens with one attached hydrogen (secondary N) is 2. The van der Waals surface area contributed by atoms with E-state index in [1.54, 1.807) is 0 Å². The predicted octanol–water partition coefficient (Wildman–Crippen LogP) is 4.48. The fraction of sp³-hybridized carbons (Fsp3) is 0.0667. The number of halogens is 4. The number of rotatable bonds is 3. The molecular formula is C15H10Cl2F2N2O2. The maximum Gasteiger partial charge on any atom is 0.257 e. The average molecular weight is 359 g/mol. The van der Waals surface area contributed by atoms with Gasteiger partial charge in [0.25, 0.3) is 5.91 Å². The summed E-state index contributed by atoms with van der Waals surface area (Å²) in [5, 5.41) is 4.48. The number of amides is 2. The molecule has 0 aliphatic carbocycles. The van der Waals surface area contributed by atoms with Gasteiger partial charge in [-0.2, -0.15) is 0 Å². The van der Waals surface area contributed by atoms with Crippen LogP contribution in [0.25, 0.3) is 0 Å². The van der Waals surface area contributed by atoms with Crippen LogP contribution in [-0.4, -0.2) is 11.8 Å². The van der Waals surface area contributed by atoms with Gasteiger partial charge in [0, 0.05) is 12.6 Å². The molecule has 0 unspecified atom stereocenters. The van der Waals surface area contributed by atoms with Crippen molar-refractivity contribution in [2.75, 3.05) is 10.6 Å². The third kappa shape index (κ3) is 4.18. The Morgan fingerprint density at radius 2 is 1.65 bits per heavy atom. The van der Waals surface area contributed by atoms with Crippen molar-refractivity contribution in [1.82, 2.24) is 0 Å². The van der Waals surface area contributed by atoms with Crippen LogP contribution in [-0.2, 0) is 4.79 Å². The van der Waals surface area contributed by atoms with Crippen molar-refractivity contribution >= 4 is 46.4 Å². The van der Waals surface area contributed by atoms with Crippen molar-refractivity contribution < 1.29 is 18.4 Å². The zero-order chi connectivity index (χ0) is 17.1. The second-order valence-electron chi connectivity index (χ2n) is 4.58. The Hall–Kier alpha value is -2.18. The lowest BCUT2D eigenvalue weighted by Crippen LogP contribution is -2.14. The van der Waals surface area contributed by atoms with E-state index >= 15 is 0 Å². The van der Waals surface area contributed by atoms with Crippen molar-refractivity contribution in [2.45, 2.75) is 6.92 Å². The van der Waals surface area contributed by atoms with Crippen molar-refractivity contribution in [2.24, 2.45) is 0 Å². The molecule has 0 radical (unpaired) electrons. The van der Waals surface area contributed by atoms with Gasteiger partial charge in [0.2, 0.25) is 5.91 Å². The lowest BCUT2D eigenvalue weighted by molar-refractivity contribution is -0.114. The molecule has 0 spiro atoms. The lowest BCUT2D eigenvalue weighted by atomic mass is 10.2. The Bertz CT molecular complexity index is 797. The highest BCUT2D eigenvalue weighted by atomic mass is 35.5. The minimum Gasteiger partial charge on any atom is -0.324 e. The maximum absolute atomic E-state index is 13.5. The monoisotopic (exact) mass is 358 g/mol. The van der Waals surface area contributed by atoms with Crippen LogP contribution in [0.4, 0.5) is 20.2 Å². The first kappa shape index (κ1) is 17.2. The fourth-order valence-electron chi connectivity index (χ4n) is 1.78. The van der Waals surface area contributed by atoms with Crippen LogP contribution in [0, 0.1) is 11.6 Å². The number of benzene rings is 2. The van der Waals surface area contributed by atoms with Crippen LogP contribution in [0.15, 0.2) is 30.3 Å². The molecule has 2 aromatic carbocycles. The van der Waals surface area contributed by atoms with E-state index in [1.807, 2.05) is 0 Å². The van der Waals surface area contributed by atoms with E-state index in [2.05, 4.69) is 10.6 Å². The fourth-order valence-corrected chi connectivity index (χ4v) is 2.25. The largest absolute Gasteiger partial charge is 0.324 e. The van der Waals surface area contributed by atoms with Crippen LogP contribution >= 0.6 is 23.2 Å². The normalized spacial score (nSPS) is 10.3. The molecule has 2 N–H and O–H groups in total. The molecule has 0 bridgehead atoms. The van der Waals surface area contributed by atoms with Crippen LogP contribution in [0.2, 0.25) is 10.0 Å². The molecule has 23 heavy (non-hydrogen) atoms. The van der Waals surface area contributed by atoms with Gasteiger partial charge in [-0.3, -0.25) is 9.59 Å². The molecule has 0 aliphatic rings. The maximum atomic E-state index is 13.5. The van der Waals surface area contributed by atoms with E-state index in [-0.39, 0.29) is 27.0 Å². The van der Waals surface area contributed by atoms with Crippen LogP contribution in [0.1, 0.15) is 17.3 Å². The predicted molar refractivity (Wildman–Crippen MR) is 85.1 cm³/mol. The first-order valence-corrected chi connectivity index (χ1v) is 7.06. The SMILES string of the molecule is CC(=O)Nc1cc(NC(=O)c2cc(F)c(Cl)cc2Cl)ccc1F. The zero-order valence-corrected chi connectivity index (χ0v) is 13.2. The summed E-state index contributed by atoms with van der Waals surface area (Å²) in [4.78, 5) is 23.1. The van der Waals surface area contributed by atoms with E-state index in [0.29, 0.717) is 0 Å². The van der Waals surface area contributed by atoms with Gasteiger partial charge in [-0.05, 0) is 30.3 Å². The summed E-state index contributed by atoms with van der Waals surface area (Å²) in [5.41, 5.74) is -0.0192. The van der Waals surface area contributed by atoms with E-state index < -0.39 is 23.4 Å². The Morgan fingerprint density at radius 1 is 0.957 bits per heavy atom. The minimum atomic E-state index is -0.792. The summed E-state index contributed by atoms with van der Waals surface area (Å²) in [7, 11) is 0. The molecule has 0 heterocycles. The summed E-state index contributed by atoms with van der Waals surface area (Å²) >= 11 is 11.4. The summed E-state index contributed by atoms with van der Waals surface area (Å²) in [6.07, 6.45) is 0. The van der Waals surface area contributed by atoms with Crippen molar-refractivity contribution in [1.29, 1.82) is 0 Å². The van der Waals surface area contributed by atoms with Gasteiger partial charge in [-0.1, -0.05) is 23.2 Å². The zero-order valence-electron chi connectivity index (χ0n) is 11.7. The molecule has 0 saturated heterocycles. The number of hydrogen-bond acceptors (Lipinski definition) is 2. The molecule has 2 amide bonds. The second kappa shape index (κ2) is 6.93. The molecule has 0 atom stereocenters. The van der Waals surface area contributed by atoms with Crippen molar-refractivity contribution in [3.63, 3.8) is 0 Å². The number of carbonyl (C=O) groups is 2. The first-order chi connectivity index (χ1) is 10.8. The quantitative estimate of drug-likeness (QED) is 0.794. The highest BCUT2D eigenvalue weighted by Gasteiger charge is 2.15. The van der Waals surface area contributed by atoms with Crippen LogP contribution < -0.4 is 10.6 Å². The van der Waals surface area contributed by atoms with E-state index in [1.165, 1.54) is 19.1 Å². The van der Waals surface area contributed by atoms with Crippen molar-refractivity contribution in [3.8, 4) is 0 Å². The first-order valence-electron chi connectivity index (χ1n) is 6.31. The highest BCUT2D eigenvalue weighted by Crippen LogP contribution is 2.26. The van der Waals surface area contributed by atoms with Gasteiger partial charge in [0.15, 0.2) is 0 Å². The lowest BCUT2D eigenvalue weighted by Gasteiger charge is -2.10. The summed E-state index contributed by atoms with van der Waals surface area (Å²) in [5.74, 6) is -2.62. The van der Waals surface area contributed by atoms with Crippen molar-refractivity contribution in [3.05, 3.63) is 57.6 Å². The minimum absolute atomic E-state index is 0.0295. The molecule has 120 valence electrons. The molecule has 0 aliphatic heterocycles. The van der Waals surface area contributed by atoms with Crippen LogP contribution in [0.3, 0.4) is 0 Å². The average Bonchev–Trinajstić information content (AvgIpc) is 2.45. The molecule has 0 saturated carbocycles. The smallest absolute Gasteiger partial charge is 0.257 e. The molecule has 4 nitrogen and oxygen atoms in total. The molecule has 2 aromatic rings. The topological polar surface area (TPSA) is 58.2 Å². The van der Waals surface area contributed by atoms with Crippen LogP contribution in [0.5, 0.6) is 0 Å². The Morgan fingerprint density at radius 3 is 2.30 bits per heavy atom. The molecule has 2 rings (SSSR count). The standard InChI is InChI=1S/C15H10Cl2F2N2O2/c1-7(22)20-14-4-8(2-3-12(14)18)21-15(23)9-5-13(19)11(17)6-10(9)16/h2-6H,1H3,(H,20,22)(H,21,23).